The lowest BCUT2D eigenvalue weighted by Gasteiger charge is -2.19. The zero-order valence-corrected chi connectivity index (χ0v) is 6.95. The van der Waals surface area contributed by atoms with Crippen LogP contribution in [0.25, 0.3) is 0 Å². The van der Waals surface area contributed by atoms with E-state index in [1.165, 1.54) is 18.1 Å². The molecule has 12 heavy (non-hydrogen) atoms. The van der Waals surface area contributed by atoms with Gasteiger partial charge in [0.2, 0.25) is 0 Å². The number of rotatable bonds is 0. The quantitative estimate of drug-likeness (QED) is 0.511. The lowest BCUT2D eigenvalue weighted by molar-refractivity contribution is -0.142. The molecule has 0 aromatic rings. The second-order valence-corrected chi connectivity index (χ2v) is 3.25. The summed E-state index contributed by atoms with van der Waals surface area (Å²) in [5.41, 5.74) is 1.19. The second-order valence-electron chi connectivity index (χ2n) is 3.25. The van der Waals surface area contributed by atoms with Crippen molar-refractivity contribution in [2.45, 2.75) is 31.8 Å². The fraction of sp³-hybridized carbons (Fsp3) is 0.500. The van der Waals surface area contributed by atoms with Crippen molar-refractivity contribution in [3.8, 4) is 0 Å². The van der Waals surface area contributed by atoms with Crippen LogP contribution in [0.4, 0.5) is 0 Å². The Morgan fingerprint density at radius 2 is 2.25 bits per heavy atom. The Morgan fingerprint density at radius 3 is 3.17 bits per heavy atom. The Hall–Kier alpha value is -1.05. The molecular weight excluding hydrogens is 152 g/mol. The largest absolute Gasteiger partial charge is 0.454 e. The van der Waals surface area contributed by atoms with Crippen LogP contribution in [0, 0.1) is 0 Å². The molecule has 0 bridgehead atoms. The molecule has 0 fully saturated rings. The average molecular weight is 164 g/mol. The summed E-state index contributed by atoms with van der Waals surface area (Å²) < 4.78 is 5.18. The first-order valence-corrected chi connectivity index (χ1v) is 4.45. The van der Waals surface area contributed by atoms with Gasteiger partial charge in [-0.1, -0.05) is 6.08 Å². The van der Waals surface area contributed by atoms with Crippen molar-refractivity contribution < 1.29 is 9.53 Å². The predicted octanol–water partition coefficient (Wildman–Crippen LogP) is 1.97. The van der Waals surface area contributed by atoms with E-state index in [0.29, 0.717) is 0 Å². The van der Waals surface area contributed by atoms with Gasteiger partial charge in [-0.2, -0.15) is 0 Å². The molecule has 0 amide bonds. The molecule has 2 aliphatic rings. The van der Waals surface area contributed by atoms with Gasteiger partial charge in [-0.3, -0.25) is 0 Å². The van der Waals surface area contributed by atoms with E-state index in [0.717, 1.165) is 19.3 Å². The minimum atomic E-state index is -0.195. The summed E-state index contributed by atoms with van der Waals surface area (Å²) in [6, 6.07) is 0. The van der Waals surface area contributed by atoms with Crippen molar-refractivity contribution in [2.75, 3.05) is 0 Å². The number of allylic oxidation sites excluding steroid dienone is 1. The smallest absolute Gasteiger partial charge is 0.331 e. The lowest BCUT2D eigenvalue weighted by atomic mass is 10.0. The lowest BCUT2D eigenvalue weighted by Crippen LogP contribution is -2.21. The van der Waals surface area contributed by atoms with Crippen molar-refractivity contribution in [3.05, 3.63) is 23.8 Å². The van der Waals surface area contributed by atoms with E-state index in [2.05, 4.69) is 6.08 Å². The first-order chi connectivity index (χ1) is 5.86. The Balaban J connectivity index is 2.21. The van der Waals surface area contributed by atoms with Gasteiger partial charge in [0.15, 0.2) is 0 Å². The third-order valence-corrected chi connectivity index (χ3v) is 2.34. The van der Waals surface area contributed by atoms with Crippen molar-refractivity contribution in [1.29, 1.82) is 0 Å². The van der Waals surface area contributed by atoms with Crippen molar-refractivity contribution >= 4 is 5.97 Å². The zero-order valence-electron chi connectivity index (χ0n) is 6.95. The Bertz CT molecular complexity index is 251. The molecule has 2 rings (SSSR count). The Labute approximate surface area is 71.9 Å². The SMILES string of the molecule is O=C1C=CC2=CCCCCC2O1. The van der Waals surface area contributed by atoms with Crippen LogP contribution in [0.3, 0.4) is 0 Å². The van der Waals surface area contributed by atoms with Crippen molar-refractivity contribution in [3.63, 3.8) is 0 Å². The third-order valence-electron chi connectivity index (χ3n) is 2.34. The molecule has 0 saturated heterocycles. The van der Waals surface area contributed by atoms with Crippen LogP contribution in [-0.4, -0.2) is 12.1 Å². The first-order valence-electron chi connectivity index (χ1n) is 4.45. The number of carbonyl (C=O) groups is 1. The van der Waals surface area contributed by atoms with Gasteiger partial charge in [0.1, 0.15) is 6.10 Å². The first kappa shape index (κ1) is 7.59. The van der Waals surface area contributed by atoms with Gasteiger partial charge >= 0.3 is 5.97 Å². The van der Waals surface area contributed by atoms with E-state index in [1.54, 1.807) is 0 Å². The monoisotopic (exact) mass is 164 g/mol. The maximum atomic E-state index is 10.9. The van der Waals surface area contributed by atoms with E-state index >= 15 is 0 Å². The molecule has 2 heteroatoms. The van der Waals surface area contributed by atoms with Crippen LogP contribution >= 0.6 is 0 Å². The summed E-state index contributed by atoms with van der Waals surface area (Å²) in [5.74, 6) is -0.195. The molecule has 0 aromatic heterocycles. The molecule has 0 saturated carbocycles. The van der Waals surface area contributed by atoms with E-state index in [-0.39, 0.29) is 12.1 Å². The summed E-state index contributed by atoms with van der Waals surface area (Å²) in [7, 11) is 0. The normalized spacial score (nSPS) is 28.5. The number of hydrogen-bond donors (Lipinski definition) is 0. The molecule has 64 valence electrons. The molecule has 2 nitrogen and oxygen atoms in total. The molecule has 1 aliphatic heterocycles. The van der Waals surface area contributed by atoms with Gasteiger partial charge in [0.05, 0.1) is 0 Å². The zero-order chi connectivity index (χ0) is 8.39. The van der Waals surface area contributed by atoms with Crippen LogP contribution in [0.5, 0.6) is 0 Å². The predicted molar refractivity (Wildman–Crippen MR) is 45.6 cm³/mol. The molecule has 1 heterocycles. The van der Waals surface area contributed by atoms with Gasteiger partial charge in [0, 0.05) is 6.08 Å². The summed E-state index contributed by atoms with van der Waals surface area (Å²) in [5, 5.41) is 0. The maximum Gasteiger partial charge on any atom is 0.331 e. The van der Waals surface area contributed by atoms with Gasteiger partial charge < -0.3 is 4.74 Å². The molecule has 0 spiro atoms. The van der Waals surface area contributed by atoms with Crippen molar-refractivity contribution in [1.82, 2.24) is 0 Å². The van der Waals surface area contributed by atoms with E-state index in [1.807, 2.05) is 6.08 Å². The molecule has 0 aromatic carbocycles. The summed E-state index contributed by atoms with van der Waals surface area (Å²) in [6.07, 6.45) is 10.1. The fourth-order valence-corrected chi connectivity index (χ4v) is 1.69. The Morgan fingerprint density at radius 1 is 1.33 bits per heavy atom. The number of fused-ring (bicyclic) bond motifs is 1. The second kappa shape index (κ2) is 3.13. The Kier molecular flexibility index (Phi) is 1.98. The topological polar surface area (TPSA) is 26.3 Å². The minimum Gasteiger partial charge on any atom is -0.454 e. The summed E-state index contributed by atoms with van der Waals surface area (Å²) in [6.45, 7) is 0. The highest BCUT2D eigenvalue weighted by Gasteiger charge is 2.21. The molecule has 1 atom stereocenters. The molecule has 0 N–H and O–H groups in total. The van der Waals surface area contributed by atoms with Crippen LogP contribution in [0.1, 0.15) is 25.7 Å². The fourth-order valence-electron chi connectivity index (χ4n) is 1.69. The highest BCUT2D eigenvalue weighted by Crippen LogP contribution is 2.24. The highest BCUT2D eigenvalue weighted by atomic mass is 16.5. The number of carbonyl (C=O) groups excluding carboxylic acids is 1. The molecular formula is C10H12O2. The van der Waals surface area contributed by atoms with Crippen LogP contribution < -0.4 is 0 Å². The van der Waals surface area contributed by atoms with E-state index in [4.69, 9.17) is 4.74 Å². The molecule has 0 radical (unpaired) electrons. The number of ether oxygens (including phenoxy) is 1. The minimum absolute atomic E-state index is 0.0463. The summed E-state index contributed by atoms with van der Waals surface area (Å²) in [4.78, 5) is 10.9. The van der Waals surface area contributed by atoms with Crippen molar-refractivity contribution in [2.24, 2.45) is 0 Å². The van der Waals surface area contributed by atoms with E-state index in [9.17, 15) is 4.79 Å². The van der Waals surface area contributed by atoms with Gasteiger partial charge in [0.25, 0.3) is 0 Å². The maximum absolute atomic E-state index is 10.9. The third kappa shape index (κ3) is 1.42. The molecule has 1 aliphatic carbocycles. The highest BCUT2D eigenvalue weighted by molar-refractivity contribution is 5.84. The number of hydrogen-bond acceptors (Lipinski definition) is 2. The van der Waals surface area contributed by atoms with Gasteiger partial charge in [-0.05, 0) is 37.3 Å². The van der Waals surface area contributed by atoms with Crippen LogP contribution in [-0.2, 0) is 9.53 Å². The summed E-state index contributed by atoms with van der Waals surface area (Å²) >= 11 is 0. The number of esters is 1. The average Bonchev–Trinajstić information content (AvgIpc) is 2.28. The van der Waals surface area contributed by atoms with Gasteiger partial charge in [-0.15, -0.1) is 0 Å². The standard InChI is InChI=1S/C10H12O2/c11-10-7-6-8-4-2-1-3-5-9(8)12-10/h4,6-7,9H,1-3,5H2. The van der Waals surface area contributed by atoms with E-state index < -0.39 is 0 Å². The van der Waals surface area contributed by atoms with Crippen LogP contribution in [0.2, 0.25) is 0 Å². The molecule has 1 unspecified atom stereocenters. The van der Waals surface area contributed by atoms with Gasteiger partial charge in [-0.25, -0.2) is 4.79 Å². The van der Waals surface area contributed by atoms with Crippen LogP contribution in [0.15, 0.2) is 23.8 Å².